The van der Waals surface area contributed by atoms with E-state index in [0.717, 1.165) is 42.5 Å². The minimum atomic E-state index is -0.367. The molecule has 0 radical (unpaired) electrons. The number of aryl methyl sites for hydroxylation is 2. The number of benzene rings is 2. The summed E-state index contributed by atoms with van der Waals surface area (Å²) in [6, 6.07) is 18.3. The van der Waals surface area contributed by atoms with Gasteiger partial charge in [0.1, 0.15) is 27.2 Å². The Bertz CT molecular complexity index is 1870. The SMILES string of the molecule is Cc1nc(-c2ccnc(Nc3ccc(Cl)cc3)n2)sc1C(C)C(=O)C(C)c1sc(-c2ccnc(Nc3ccc(Cl)cc3)n2)nc1C. The minimum Gasteiger partial charge on any atom is -0.324 e. The zero-order chi connectivity index (χ0) is 32.4. The van der Waals surface area contributed by atoms with Gasteiger partial charge >= 0.3 is 0 Å². The molecule has 2 aromatic carbocycles. The molecule has 13 heteroatoms. The van der Waals surface area contributed by atoms with Crippen LogP contribution in [0.5, 0.6) is 0 Å². The van der Waals surface area contributed by atoms with Crippen molar-refractivity contribution in [3.8, 4) is 21.4 Å². The van der Waals surface area contributed by atoms with Gasteiger partial charge in [-0.2, -0.15) is 0 Å². The van der Waals surface area contributed by atoms with Crippen molar-refractivity contribution >= 4 is 74.9 Å². The first-order valence-corrected chi connectivity index (χ1v) is 16.7. The first-order chi connectivity index (χ1) is 22.1. The molecule has 4 heterocycles. The van der Waals surface area contributed by atoms with Crippen molar-refractivity contribution in [3.63, 3.8) is 0 Å². The molecule has 0 aliphatic rings. The normalized spacial score (nSPS) is 12.5. The Hall–Kier alpha value is -4.29. The molecule has 2 atom stereocenters. The molecule has 0 aliphatic carbocycles. The summed E-state index contributed by atoms with van der Waals surface area (Å²) in [5, 5.41) is 9.14. The van der Waals surface area contributed by atoms with E-state index in [0.29, 0.717) is 33.3 Å². The third kappa shape index (κ3) is 7.07. The number of carbonyl (C=O) groups is 1. The van der Waals surface area contributed by atoms with Crippen molar-refractivity contribution in [1.29, 1.82) is 0 Å². The van der Waals surface area contributed by atoms with Crippen molar-refractivity contribution < 1.29 is 4.79 Å². The van der Waals surface area contributed by atoms with Gasteiger partial charge in [0.25, 0.3) is 0 Å². The van der Waals surface area contributed by atoms with Crippen LogP contribution in [0.3, 0.4) is 0 Å². The van der Waals surface area contributed by atoms with Gasteiger partial charge in [-0.05, 0) is 74.5 Å². The molecule has 2 unspecified atom stereocenters. The highest BCUT2D eigenvalue weighted by Gasteiger charge is 2.29. The van der Waals surface area contributed by atoms with Gasteiger partial charge in [0.15, 0.2) is 0 Å². The summed E-state index contributed by atoms with van der Waals surface area (Å²) < 4.78 is 0. The van der Waals surface area contributed by atoms with Crippen LogP contribution in [0.2, 0.25) is 10.0 Å². The number of anilines is 4. The number of halogens is 2. The number of carbonyl (C=O) groups excluding carboxylic acids is 1. The molecule has 0 fully saturated rings. The maximum absolute atomic E-state index is 13.9. The topological polar surface area (TPSA) is 118 Å². The van der Waals surface area contributed by atoms with Gasteiger partial charge in [0.2, 0.25) is 11.9 Å². The molecular formula is C33H28Cl2N8OS2. The highest BCUT2D eigenvalue weighted by molar-refractivity contribution is 7.15. The van der Waals surface area contributed by atoms with Gasteiger partial charge in [-0.1, -0.05) is 37.0 Å². The van der Waals surface area contributed by atoms with Crippen molar-refractivity contribution in [2.75, 3.05) is 10.6 Å². The van der Waals surface area contributed by atoms with Crippen molar-refractivity contribution in [3.05, 3.63) is 104 Å². The van der Waals surface area contributed by atoms with Gasteiger partial charge in [0, 0.05) is 43.6 Å². The summed E-state index contributed by atoms with van der Waals surface area (Å²) in [4.78, 5) is 43.2. The smallest absolute Gasteiger partial charge is 0.227 e. The first-order valence-electron chi connectivity index (χ1n) is 14.3. The van der Waals surface area contributed by atoms with Crippen molar-refractivity contribution in [1.82, 2.24) is 29.9 Å². The molecule has 0 saturated heterocycles. The van der Waals surface area contributed by atoms with Crippen LogP contribution >= 0.6 is 45.9 Å². The summed E-state index contributed by atoms with van der Waals surface area (Å²) in [6.07, 6.45) is 3.37. The molecular weight excluding hydrogens is 659 g/mol. The van der Waals surface area contributed by atoms with Crippen molar-refractivity contribution in [2.45, 2.75) is 39.5 Å². The lowest BCUT2D eigenvalue weighted by atomic mass is 9.92. The van der Waals surface area contributed by atoms with Crippen LogP contribution in [0.15, 0.2) is 73.1 Å². The maximum Gasteiger partial charge on any atom is 0.227 e. The Morgan fingerprint density at radius 2 is 1.02 bits per heavy atom. The van der Waals surface area contributed by atoms with Gasteiger partial charge in [-0.3, -0.25) is 4.79 Å². The monoisotopic (exact) mass is 686 g/mol. The van der Waals surface area contributed by atoms with Crippen LogP contribution in [0.4, 0.5) is 23.3 Å². The predicted octanol–water partition coefficient (Wildman–Crippen LogP) is 9.40. The Morgan fingerprint density at radius 1 is 0.630 bits per heavy atom. The molecule has 0 amide bonds. The fraction of sp³-hybridized carbons (Fsp3) is 0.182. The van der Waals surface area contributed by atoms with E-state index in [4.69, 9.17) is 33.2 Å². The van der Waals surface area contributed by atoms with E-state index in [1.807, 2.05) is 64.1 Å². The molecule has 6 aromatic rings. The predicted molar refractivity (Wildman–Crippen MR) is 187 cm³/mol. The molecule has 0 spiro atoms. The Morgan fingerprint density at radius 3 is 1.41 bits per heavy atom. The Labute approximate surface area is 284 Å². The van der Waals surface area contributed by atoms with E-state index in [-0.39, 0.29) is 17.6 Å². The number of rotatable bonds is 10. The summed E-state index contributed by atoms with van der Waals surface area (Å²) in [6.45, 7) is 7.73. The number of Topliss-reactive ketones (excluding diaryl/α,β-unsaturated/α-hetero) is 1. The van der Waals surface area contributed by atoms with Gasteiger partial charge in [-0.25, -0.2) is 29.9 Å². The minimum absolute atomic E-state index is 0.0946. The standard InChI is InChI=1S/C33H28Cl2N8OS2/c1-17(28-19(3)38-30(45-28)25-13-15-36-32(42-25)40-23-9-5-21(34)6-10-23)27(44)18(2)29-20(4)39-31(46-29)26-14-16-37-33(43-26)41-24-11-7-22(35)8-12-24/h5-18H,1-4H3,(H,36,40,42)(H,37,41,43). The van der Waals surface area contributed by atoms with Crippen LogP contribution < -0.4 is 10.6 Å². The van der Waals surface area contributed by atoms with E-state index < -0.39 is 0 Å². The third-order valence-corrected chi connectivity index (χ3v) is 10.5. The molecule has 9 nitrogen and oxygen atoms in total. The summed E-state index contributed by atoms with van der Waals surface area (Å²) in [5.74, 6) is 0.250. The lowest BCUT2D eigenvalue weighted by Gasteiger charge is -2.15. The van der Waals surface area contributed by atoms with Gasteiger partial charge < -0.3 is 10.6 Å². The largest absolute Gasteiger partial charge is 0.324 e. The van der Waals surface area contributed by atoms with E-state index in [2.05, 4.69) is 30.6 Å². The molecule has 0 saturated carbocycles. The lowest BCUT2D eigenvalue weighted by Crippen LogP contribution is -2.16. The second-order valence-corrected chi connectivity index (χ2v) is 13.5. The van der Waals surface area contributed by atoms with Crippen LogP contribution in [0.1, 0.15) is 46.8 Å². The van der Waals surface area contributed by atoms with Gasteiger partial charge in [0.05, 0.1) is 23.2 Å². The van der Waals surface area contributed by atoms with E-state index in [1.54, 1.807) is 36.7 Å². The maximum atomic E-state index is 13.9. The second-order valence-electron chi connectivity index (χ2n) is 10.6. The van der Waals surface area contributed by atoms with Crippen molar-refractivity contribution in [2.24, 2.45) is 0 Å². The van der Waals surface area contributed by atoms with Crippen LogP contribution in [-0.2, 0) is 4.79 Å². The molecule has 46 heavy (non-hydrogen) atoms. The summed E-state index contributed by atoms with van der Waals surface area (Å²) in [5.41, 5.74) is 4.61. The molecule has 6 rings (SSSR count). The lowest BCUT2D eigenvalue weighted by molar-refractivity contribution is -0.121. The molecule has 232 valence electrons. The average molecular weight is 688 g/mol. The fourth-order valence-corrected chi connectivity index (χ4v) is 7.32. The van der Waals surface area contributed by atoms with Gasteiger partial charge in [-0.15, -0.1) is 22.7 Å². The number of aromatic nitrogens is 6. The summed E-state index contributed by atoms with van der Waals surface area (Å²) >= 11 is 15.0. The second kappa shape index (κ2) is 13.6. The highest BCUT2D eigenvalue weighted by atomic mass is 35.5. The third-order valence-electron chi connectivity index (χ3n) is 7.26. The Kier molecular flexibility index (Phi) is 9.37. The number of ketones is 1. The fourth-order valence-electron chi connectivity index (χ4n) is 4.87. The van der Waals surface area contributed by atoms with Crippen LogP contribution in [0.25, 0.3) is 21.4 Å². The molecule has 0 aliphatic heterocycles. The molecule has 0 bridgehead atoms. The number of nitrogens with one attached hydrogen (secondary N) is 2. The number of thiazole rings is 2. The first kappa shape index (κ1) is 31.7. The zero-order valence-electron chi connectivity index (χ0n) is 25.2. The van der Waals surface area contributed by atoms with E-state index in [1.165, 1.54) is 22.7 Å². The van der Waals surface area contributed by atoms with E-state index >= 15 is 0 Å². The van der Waals surface area contributed by atoms with Crippen LogP contribution in [-0.4, -0.2) is 35.7 Å². The molecule has 2 N–H and O–H groups in total. The summed E-state index contributed by atoms with van der Waals surface area (Å²) in [7, 11) is 0. The highest BCUT2D eigenvalue weighted by Crippen LogP contribution is 2.38. The zero-order valence-corrected chi connectivity index (χ0v) is 28.4. The number of hydrogen-bond donors (Lipinski definition) is 2. The quantitative estimate of drug-likeness (QED) is 0.145. The van der Waals surface area contributed by atoms with Crippen LogP contribution in [0, 0.1) is 13.8 Å². The average Bonchev–Trinajstić information content (AvgIpc) is 3.65. The Balaban J connectivity index is 1.18. The number of hydrogen-bond acceptors (Lipinski definition) is 11. The molecule has 4 aromatic heterocycles. The number of nitrogens with zero attached hydrogens (tertiary/aromatic N) is 6. The van der Waals surface area contributed by atoms with E-state index in [9.17, 15) is 4.79 Å².